The van der Waals surface area contributed by atoms with Crippen LogP contribution in [0.1, 0.15) is 31.2 Å². The van der Waals surface area contributed by atoms with Crippen LogP contribution in [0.3, 0.4) is 0 Å². The molecule has 2 nitrogen and oxygen atoms in total. The minimum atomic E-state index is 0.185. The van der Waals surface area contributed by atoms with E-state index in [0.717, 1.165) is 13.0 Å². The first-order chi connectivity index (χ1) is 6.98. The average Bonchev–Trinajstić information content (AvgIpc) is 2.61. The van der Waals surface area contributed by atoms with Crippen LogP contribution in [-0.4, -0.2) is 13.6 Å². The smallest absolute Gasteiger partial charge is 0.0701 e. The van der Waals surface area contributed by atoms with Gasteiger partial charge in [-0.05, 0) is 53.5 Å². The molecule has 1 rings (SSSR count). The molecule has 1 atom stereocenters. The van der Waals surface area contributed by atoms with Crippen LogP contribution in [0.4, 0.5) is 0 Å². The van der Waals surface area contributed by atoms with Crippen molar-refractivity contribution >= 4 is 27.3 Å². The zero-order valence-electron chi connectivity index (χ0n) is 9.51. The summed E-state index contributed by atoms with van der Waals surface area (Å²) in [5.74, 6) is 0. The van der Waals surface area contributed by atoms with Crippen molar-refractivity contribution in [3.05, 3.63) is 20.8 Å². The predicted octanol–water partition coefficient (Wildman–Crippen LogP) is 3.15. The Bertz CT molecular complexity index is 309. The maximum atomic E-state index is 5.76. The number of hydrogen-bond acceptors (Lipinski definition) is 3. The topological polar surface area (TPSA) is 38.0 Å². The van der Waals surface area contributed by atoms with Gasteiger partial charge in [0.05, 0.1) is 3.79 Å². The zero-order valence-corrected chi connectivity index (χ0v) is 11.9. The molecule has 1 aromatic heterocycles. The summed E-state index contributed by atoms with van der Waals surface area (Å²) in [6.45, 7) is 5.14. The second-order valence-electron chi connectivity index (χ2n) is 4.56. The molecule has 1 unspecified atom stereocenters. The third kappa shape index (κ3) is 3.87. The van der Waals surface area contributed by atoms with Crippen molar-refractivity contribution in [1.29, 1.82) is 0 Å². The lowest BCUT2D eigenvalue weighted by molar-refractivity contribution is 0.301. The average molecular weight is 291 g/mol. The van der Waals surface area contributed by atoms with Gasteiger partial charge in [0.2, 0.25) is 0 Å². The van der Waals surface area contributed by atoms with E-state index in [9.17, 15) is 0 Å². The van der Waals surface area contributed by atoms with E-state index in [1.54, 1.807) is 11.3 Å². The maximum Gasteiger partial charge on any atom is 0.0701 e. The molecule has 0 amide bonds. The van der Waals surface area contributed by atoms with Gasteiger partial charge in [-0.1, -0.05) is 13.8 Å². The molecule has 0 bridgehead atoms. The van der Waals surface area contributed by atoms with Crippen molar-refractivity contribution in [3.63, 3.8) is 0 Å². The summed E-state index contributed by atoms with van der Waals surface area (Å²) in [4.78, 5) is 1.37. The molecule has 15 heavy (non-hydrogen) atoms. The summed E-state index contributed by atoms with van der Waals surface area (Å²) in [6, 6.07) is 4.67. The van der Waals surface area contributed by atoms with Crippen LogP contribution in [0.5, 0.6) is 0 Å². The van der Waals surface area contributed by atoms with Gasteiger partial charge in [-0.2, -0.15) is 0 Å². The highest BCUT2D eigenvalue weighted by molar-refractivity contribution is 9.11. The van der Waals surface area contributed by atoms with E-state index >= 15 is 0 Å². The van der Waals surface area contributed by atoms with Crippen LogP contribution in [0.15, 0.2) is 15.9 Å². The van der Waals surface area contributed by atoms with E-state index < -0.39 is 0 Å². The highest BCUT2D eigenvalue weighted by Crippen LogP contribution is 2.34. The van der Waals surface area contributed by atoms with E-state index in [-0.39, 0.29) is 5.41 Å². The molecule has 0 aliphatic carbocycles. The summed E-state index contributed by atoms with van der Waals surface area (Å²) in [7, 11) is 2.00. The third-order valence-corrected chi connectivity index (χ3v) is 4.33. The molecule has 0 fully saturated rings. The first-order valence-electron chi connectivity index (χ1n) is 5.11. The van der Waals surface area contributed by atoms with Crippen LogP contribution in [0, 0.1) is 5.41 Å². The molecule has 86 valence electrons. The number of rotatable bonds is 5. The summed E-state index contributed by atoms with van der Waals surface area (Å²) in [6.07, 6.45) is 1.06. The molecule has 1 aromatic rings. The van der Waals surface area contributed by atoms with E-state index in [1.165, 1.54) is 8.66 Å². The van der Waals surface area contributed by atoms with Crippen LogP contribution in [0.25, 0.3) is 0 Å². The standard InChI is InChI=1S/C11H19BrN2S/c1-11(2,7-13)6-8(14-3)9-4-5-10(12)15-9/h4-5,8,14H,6-7,13H2,1-3H3. The van der Waals surface area contributed by atoms with Crippen molar-refractivity contribution in [1.82, 2.24) is 5.32 Å². The number of nitrogens with one attached hydrogen (secondary N) is 1. The van der Waals surface area contributed by atoms with Crippen molar-refractivity contribution in [2.75, 3.05) is 13.6 Å². The van der Waals surface area contributed by atoms with Gasteiger partial charge < -0.3 is 11.1 Å². The van der Waals surface area contributed by atoms with Gasteiger partial charge >= 0.3 is 0 Å². The van der Waals surface area contributed by atoms with Gasteiger partial charge in [0.15, 0.2) is 0 Å². The first-order valence-corrected chi connectivity index (χ1v) is 6.72. The lowest BCUT2D eigenvalue weighted by atomic mass is 9.85. The monoisotopic (exact) mass is 290 g/mol. The normalized spacial score (nSPS) is 14.2. The molecule has 0 aromatic carbocycles. The summed E-state index contributed by atoms with van der Waals surface area (Å²) < 4.78 is 1.18. The van der Waals surface area contributed by atoms with Gasteiger partial charge in [-0.15, -0.1) is 11.3 Å². The third-order valence-electron chi connectivity index (χ3n) is 2.60. The summed E-state index contributed by atoms with van der Waals surface area (Å²) >= 11 is 5.28. The van der Waals surface area contributed by atoms with E-state index in [1.807, 2.05) is 7.05 Å². The highest BCUT2D eigenvalue weighted by atomic mass is 79.9. The SMILES string of the molecule is CNC(CC(C)(C)CN)c1ccc(Br)s1. The Kier molecular flexibility index (Phi) is 4.77. The van der Waals surface area contributed by atoms with Gasteiger partial charge in [0.25, 0.3) is 0 Å². The Labute approximate surface area is 104 Å². The molecule has 0 saturated heterocycles. The molecule has 0 radical (unpaired) electrons. The Balaban J connectivity index is 2.72. The highest BCUT2D eigenvalue weighted by Gasteiger charge is 2.22. The maximum absolute atomic E-state index is 5.76. The second-order valence-corrected chi connectivity index (χ2v) is 7.05. The van der Waals surface area contributed by atoms with Gasteiger partial charge in [0.1, 0.15) is 0 Å². The zero-order chi connectivity index (χ0) is 11.5. The molecule has 0 spiro atoms. The number of hydrogen-bond donors (Lipinski definition) is 2. The Morgan fingerprint density at radius 2 is 2.20 bits per heavy atom. The fourth-order valence-electron chi connectivity index (χ4n) is 1.50. The minimum Gasteiger partial charge on any atom is -0.330 e. The number of thiophene rings is 1. The van der Waals surface area contributed by atoms with Crippen LogP contribution in [0.2, 0.25) is 0 Å². The number of nitrogens with two attached hydrogens (primary N) is 1. The summed E-state index contributed by atoms with van der Waals surface area (Å²) in [5, 5.41) is 3.36. The van der Waals surface area contributed by atoms with E-state index in [2.05, 4.69) is 47.2 Å². The second kappa shape index (κ2) is 5.43. The van der Waals surface area contributed by atoms with Crippen molar-refractivity contribution < 1.29 is 0 Å². The molecular weight excluding hydrogens is 272 g/mol. The molecular formula is C11H19BrN2S. The van der Waals surface area contributed by atoms with Gasteiger partial charge in [-0.25, -0.2) is 0 Å². The van der Waals surface area contributed by atoms with Crippen LogP contribution in [-0.2, 0) is 0 Å². The molecule has 3 N–H and O–H groups in total. The molecule has 1 heterocycles. The van der Waals surface area contributed by atoms with Crippen molar-refractivity contribution in [2.45, 2.75) is 26.3 Å². The lowest BCUT2D eigenvalue weighted by Crippen LogP contribution is -2.29. The Morgan fingerprint density at radius 3 is 2.60 bits per heavy atom. The van der Waals surface area contributed by atoms with Crippen molar-refractivity contribution in [3.8, 4) is 0 Å². The van der Waals surface area contributed by atoms with Crippen LogP contribution >= 0.6 is 27.3 Å². The fourth-order valence-corrected chi connectivity index (χ4v) is 3.03. The Morgan fingerprint density at radius 1 is 1.53 bits per heavy atom. The minimum absolute atomic E-state index is 0.185. The Hall–Kier alpha value is 0.1000. The first kappa shape index (κ1) is 13.2. The molecule has 0 aliphatic heterocycles. The van der Waals surface area contributed by atoms with E-state index in [4.69, 9.17) is 5.73 Å². The van der Waals surface area contributed by atoms with Crippen LogP contribution < -0.4 is 11.1 Å². The molecule has 0 saturated carbocycles. The van der Waals surface area contributed by atoms with Crippen molar-refractivity contribution in [2.24, 2.45) is 11.1 Å². The lowest BCUT2D eigenvalue weighted by Gasteiger charge is -2.27. The largest absolute Gasteiger partial charge is 0.330 e. The fraction of sp³-hybridized carbons (Fsp3) is 0.636. The summed E-state index contributed by atoms with van der Waals surface area (Å²) in [5.41, 5.74) is 5.94. The quantitative estimate of drug-likeness (QED) is 0.874. The molecule has 4 heteroatoms. The van der Waals surface area contributed by atoms with Gasteiger partial charge in [-0.3, -0.25) is 0 Å². The predicted molar refractivity (Wildman–Crippen MR) is 71.3 cm³/mol. The number of halogens is 1. The molecule has 0 aliphatic rings. The van der Waals surface area contributed by atoms with E-state index in [0.29, 0.717) is 6.04 Å². The van der Waals surface area contributed by atoms with Gasteiger partial charge in [0, 0.05) is 10.9 Å².